The molecular formula is C16H23NO2. The molecule has 3 atom stereocenters. The van der Waals surface area contributed by atoms with Crippen molar-refractivity contribution in [3.63, 3.8) is 0 Å². The quantitative estimate of drug-likeness (QED) is 0.847. The van der Waals surface area contributed by atoms with Gasteiger partial charge in [-0.05, 0) is 24.3 Å². The van der Waals surface area contributed by atoms with Crippen molar-refractivity contribution in [1.82, 2.24) is 5.32 Å². The molecule has 0 spiro atoms. The highest BCUT2D eigenvalue weighted by Crippen LogP contribution is 2.26. The smallest absolute Gasteiger partial charge is 0.327 e. The lowest BCUT2D eigenvalue weighted by atomic mass is 9.85. The number of ether oxygens (including phenoxy) is 1. The summed E-state index contributed by atoms with van der Waals surface area (Å²) in [5, 5.41) is 3.50. The summed E-state index contributed by atoms with van der Waals surface area (Å²) in [6.07, 6.45) is 4.92. The Balaban J connectivity index is 2.12. The molecule has 0 unspecified atom stereocenters. The Morgan fingerprint density at radius 3 is 2.58 bits per heavy atom. The number of methoxy groups -OCH3 is 1. The van der Waals surface area contributed by atoms with Gasteiger partial charge in [-0.2, -0.15) is 0 Å². The SMILES string of the molecule is COC(=O)[C@@H](N[C@@H]1CCCC[C@@H]1C)c1ccccc1. The van der Waals surface area contributed by atoms with Crippen molar-refractivity contribution in [1.29, 1.82) is 0 Å². The van der Waals surface area contributed by atoms with E-state index in [1.54, 1.807) is 0 Å². The molecule has 1 aromatic carbocycles. The second-order valence-corrected chi connectivity index (χ2v) is 5.40. The summed E-state index contributed by atoms with van der Waals surface area (Å²) in [5.74, 6) is 0.411. The minimum Gasteiger partial charge on any atom is -0.468 e. The van der Waals surface area contributed by atoms with E-state index in [0.717, 1.165) is 12.0 Å². The Kier molecular flexibility index (Phi) is 4.97. The monoisotopic (exact) mass is 261 g/mol. The first-order valence-electron chi connectivity index (χ1n) is 7.11. The van der Waals surface area contributed by atoms with Crippen molar-refractivity contribution >= 4 is 5.97 Å². The van der Waals surface area contributed by atoms with Crippen molar-refractivity contribution in [2.45, 2.75) is 44.7 Å². The van der Waals surface area contributed by atoms with Crippen LogP contribution in [-0.4, -0.2) is 19.1 Å². The molecule has 0 bridgehead atoms. The molecule has 1 aromatic rings. The maximum Gasteiger partial charge on any atom is 0.327 e. The van der Waals surface area contributed by atoms with Gasteiger partial charge in [-0.15, -0.1) is 0 Å². The first kappa shape index (κ1) is 14.1. The van der Waals surface area contributed by atoms with Crippen LogP contribution >= 0.6 is 0 Å². The van der Waals surface area contributed by atoms with Gasteiger partial charge in [0.15, 0.2) is 0 Å². The van der Waals surface area contributed by atoms with Crippen LogP contribution in [0.4, 0.5) is 0 Å². The summed E-state index contributed by atoms with van der Waals surface area (Å²) in [7, 11) is 1.45. The molecule has 0 heterocycles. The fourth-order valence-electron chi connectivity index (χ4n) is 2.84. The van der Waals surface area contributed by atoms with Crippen LogP contribution in [0.5, 0.6) is 0 Å². The molecule has 19 heavy (non-hydrogen) atoms. The van der Waals surface area contributed by atoms with Crippen LogP contribution < -0.4 is 5.32 Å². The number of hydrogen-bond acceptors (Lipinski definition) is 3. The third-order valence-electron chi connectivity index (χ3n) is 4.06. The molecule has 0 radical (unpaired) electrons. The normalized spacial score (nSPS) is 24.7. The van der Waals surface area contributed by atoms with Crippen LogP contribution in [-0.2, 0) is 9.53 Å². The van der Waals surface area contributed by atoms with Gasteiger partial charge in [0.25, 0.3) is 0 Å². The predicted octanol–water partition coefficient (Wildman–Crippen LogP) is 3.07. The van der Waals surface area contributed by atoms with E-state index in [4.69, 9.17) is 4.74 Å². The van der Waals surface area contributed by atoms with Crippen LogP contribution in [0.25, 0.3) is 0 Å². The zero-order chi connectivity index (χ0) is 13.7. The number of benzene rings is 1. The second kappa shape index (κ2) is 6.71. The molecule has 0 aromatic heterocycles. The van der Waals surface area contributed by atoms with E-state index in [0.29, 0.717) is 12.0 Å². The van der Waals surface area contributed by atoms with Gasteiger partial charge >= 0.3 is 5.97 Å². The lowest BCUT2D eigenvalue weighted by Gasteiger charge is -2.32. The summed E-state index contributed by atoms with van der Waals surface area (Å²) in [6.45, 7) is 2.26. The van der Waals surface area contributed by atoms with E-state index < -0.39 is 0 Å². The van der Waals surface area contributed by atoms with Crippen LogP contribution in [0.2, 0.25) is 0 Å². The highest BCUT2D eigenvalue weighted by molar-refractivity contribution is 5.77. The number of esters is 1. The Hall–Kier alpha value is -1.35. The van der Waals surface area contributed by atoms with Gasteiger partial charge in [0.05, 0.1) is 7.11 Å². The minimum atomic E-state index is -0.350. The van der Waals surface area contributed by atoms with Crippen molar-refractivity contribution in [3.05, 3.63) is 35.9 Å². The number of hydrogen-bond donors (Lipinski definition) is 1. The Morgan fingerprint density at radius 2 is 1.95 bits per heavy atom. The zero-order valence-corrected chi connectivity index (χ0v) is 11.8. The maximum atomic E-state index is 12.0. The van der Waals surface area contributed by atoms with E-state index in [9.17, 15) is 4.79 Å². The molecule has 104 valence electrons. The fourth-order valence-corrected chi connectivity index (χ4v) is 2.84. The Morgan fingerprint density at radius 1 is 1.26 bits per heavy atom. The average molecular weight is 261 g/mol. The minimum absolute atomic E-state index is 0.205. The average Bonchev–Trinajstić information content (AvgIpc) is 2.46. The van der Waals surface area contributed by atoms with Crippen LogP contribution in [0.15, 0.2) is 30.3 Å². The van der Waals surface area contributed by atoms with Gasteiger partial charge in [-0.1, -0.05) is 50.1 Å². The van der Waals surface area contributed by atoms with Gasteiger partial charge in [0, 0.05) is 6.04 Å². The number of rotatable bonds is 4. The predicted molar refractivity (Wildman–Crippen MR) is 75.8 cm³/mol. The van der Waals surface area contributed by atoms with Crippen molar-refractivity contribution in [3.8, 4) is 0 Å². The third kappa shape index (κ3) is 3.57. The van der Waals surface area contributed by atoms with E-state index in [-0.39, 0.29) is 12.0 Å². The van der Waals surface area contributed by atoms with Gasteiger partial charge in [-0.25, -0.2) is 4.79 Å². The molecule has 0 saturated heterocycles. The van der Waals surface area contributed by atoms with E-state index >= 15 is 0 Å². The Labute approximate surface area is 115 Å². The molecule has 3 heteroatoms. The van der Waals surface area contributed by atoms with Crippen molar-refractivity contribution < 1.29 is 9.53 Å². The fraction of sp³-hybridized carbons (Fsp3) is 0.562. The highest BCUT2D eigenvalue weighted by atomic mass is 16.5. The summed E-state index contributed by atoms with van der Waals surface area (Å²) in [6, 6.07) is 9.87. The molecule has 2 rings (SSSR count). The molecule has 0 aliphatic heterocycles. The van der Waals surface area contributed by atoms with Crippen molar-refractivity contribution in [2.75, 3.05) is 7.11 Å². The molecule has 1 aliphatic carbocycles. The number of carbonyl (C=O) groups excluding carboxylic acids is 1. The molecule has 3 nitrogen and oxygen atoms in total. The highest BCUT2D eigenvalue weighted by Gasteiger charge is 2.28. The standard InChI is InChI=1S/C16H23NO2/c1-12-8-6-7-11-14(12)17-15(16(18)19-2)13-9-4-3-5-10-13/h3-5,9-10,12,14-15,17H,6-8,11H2,1-2H3/t12-,14+,15-/m0/s1. The lowest BCUT2D eigenvalue weighted by Crippen LogP contribution is -2.42. The second-order valence-electron chi connectivity index (χ2n) is 5.40. The number of nitrogens with one attached hydrogen (secondary N) is 1. The number of carbonyl (C=O) groups is 1. The molecule has 1 saturated carbocycles. The maximum absolute atomic E-state index is 12.0. The topological polar surface area (TPSA) is 38.3 Å². The van der Waals surface area contributed by atoms with Gasteiger partial charge in [0.1, 0.15) is 6.04 Å². The van der Waals surface area contributed by atoms with Crippen LogP contribution in [0.3, 0.4) is 0 Å². The summed E-state index contributed by atoms with van der Waals surface area (Å²) in [5.41, 5.74) is 0.979. The zero-order valence-electron chi connectivity index (χ0n) is 11.8. The van der Waals surface area contributed by atoms with Crippen LogP contribution in [0.1, 0.15) is 44.2 Å². The molecule has 1 aliphatic rings. The van der Waals surface area contributed by atoms with Gasteiger partial charge < -0.3 is 4.74 Å². The molecular weight excluding hydrogens is 238 g/mol. The molecule has 1 N–H and O–H groups in total. The third-order valence-corrected chi connectivity index (χ3v) is 4.06. The van der Waals surface area contributed by atoms with Crippen LogP contribution in [0, 0.1) is 5.92 Å². The first-order valence-corrected chi connectivity index (χ1v) is 7.11. The Bertz CT molecular complexity index is 404. The summed E-state index contributed by atoms with van der Waals surface area (Å²) < 4.78 is 4.94. The molecule has 1 fully saturated rings. The summed E-state index contributed by atoms with van der Waals surface area (Å²) in [4.78, 5) is 12.0. The van der Waals surface area contributed by atoms with Gasteiger partial charge in [-0.3, -0.25) is 5.32 Å². The van der Waals surface area contributed by atoms with E-state index in [2.05, 4.69) is 12.2 Å². The van der Waals surface area contributed by atoms with Gasteiger partial charge in [0.2, 0.25) is 0 Å². The summed E-state index contributed by atoms with van der Waals surface area (Å²) >= 11 is 0. The first-order chi connectivity index (χ1) is 9.22. The molecule has 0 amide bonds. The lowest BCUT2D eigenvalue weighted by molar-refractivity contribution is -0.143. The van der Waals surface area contributed by atoms with E-state index in [1.165, 1.54) is 26.4 Å². The largest absolute Gasteiger partial charge is 0.468 e. The van der Waals surface area contributed by atoms with Crippen molar-refractivity contribution in [2.24, 2.45) is 5.92 Å². The van der Waals surface area contributed by atoms with E-state index in [1.807, 2.05) is 30.3 Å².